The van der Waals surface area contributed by atoms with Gasteiger partial charge < -0.3 is 15.2 Å². The molecular weight excluding hydrogens is 202 g/mol. The Bertz CT molecular complexity index is 155. The van der Waals surface area contributed by atoms with Crippen molar-refractivity contribution >= 4 is 17.7 Å². The second kappa shape index (κ2) is 9.30. The highest BCUT2D eigenvalue weighted by Crippen LogP contribution is 2.05. The Morgan fingerprint density at radius 2 is 2.36 bits per heavy atom. The number of ether oxygens (including phenoxy) is 1. The summed E-state index contributed by atoms with van der Waals surface area (Å²) in [4.78, 5) is 11.3. The van der Waals surface area contributed by atoms with Gasteiger partial charge in [-0.05, 0) is 26.1 Å². The molecule has 0 rings (SSSR count). The van der Waals surface area contributed by atoms with E-state index in [1.807, 2.05) is 0 Å². The number of hydrogen-bond donors (Lipinski definition) is 2. The summed E-state index contributed by atoms with van der Waals surface area (Å²) in [7, 11) is 1.74. The number of likely N-dealkylation sites (N-methyl/N-ethyl adjacent to an activating group) is 1. The van der Waals surface area contributed by atoms with Gasteiger partial charge in [0.05, 0.1) is 6.61 Å². The van der Waals surface area contributed by atoms with Crippen LogP contribution in [0.3, 0.4) is 0 Å². The molecule has 0 fully saturated rings. The Morgan fingerprint density at radius 3 is 2.86 bits per heavy atom. The number of esters is 1. The van der Waals surface area contributed by atoms with Gasteiger partial charge in [-0.2, -0.15) is 11.8 Å². The summed E-state index contributed by atoms with van der Waals surface area (Å²) in [6.07, 6.45) is 0.768. The van der Waals surface area contributed by atoms with Crippen molar-refractivity contribution in [2.75, 3.05) is 31.8 Å². The van der Waals surface area contributed by atoms with Crippen molar-refractivity contribution in [2.45, 2.75) is 19.4 Å². The number of carbonyl (C=O) groups is 1. The lowest BCUT2D eigenvalue weighted by Gasteiger charge is -2.13. The van der Waals surface area contributed by atoms with Gasteiger partial charge in [-0.25, -0.2) is 0 Å². The van der Waals surface area contributed by atoms with Gasteiger partial charge >= 0.3 is 5.97 Å². The van der Waals surface area contributed by atoms with Crippen LogP contribution >= 0.6 is 11.8 Å². The fraction of sp³-hybridized carbons (Fsp3) is 0.889. The highest BCUT2D eigenvalue weighted by atomic mass is 32.2. The van der Waals surface area contributed by atoms with E-state index >= 15 is 0 Å². The molecular formula is C9H19NO3S. The summed E-state index contributed by atoms with van der Waals surface area (Å²) in [6, 6.07) is -0.237. The molecule has 4 nitrogen and oxygen atoms in total. The third kappa shape index (κ3) is 6.23. The second-order valence-electron chi connectivity index (χ2n) is 2.75. The minimum absolute atomic E-state index is 0.202. The Morgan fingerprint density at radius 1 is 1.64 bits per heavy atom. The van der Waals surface area contributed by atoms with E-state index in [0.717, 1.165) is 12.2 Å². The maximum Gasteiger partial charge on any atom is 0.323 e. The molecule has 0 aromatic rings. The predicted molar refractivity (Wildman–Crippen MR) is 58.5 cm³/mol. The van der Waals surface area contributed by atoms with E-state index < -0.39 is 0 Å². The molecule has 1 unspecified atom stereocenters. The van der Waals surface area contributed by atoms with Crippen molar-refractivity contribution in [1.82, 2.24) is 5.32 Å². The zero-order valence-corrected chi connectivity index (χ0v) is 9.60. The summed E-state index contributed by atoms with van der Waals surface area (Å²) in [5.74, 6) is 1.36. The summed E-state index contributed by atoms with van der Waals surface area (Å²) >= 11 is 1.64. The lowest BCUT2D eigenvalue weighted by molar-refractivity contribution is -0.144. The molecule has 0 amide bonds. The van der Waals surface area contributed by atoms with Gasteiger partial charge in [-0.3, -0.25) is 4.79 Å². The lowest BCUT2D eigenvalue weighted by atomic mass is 10.3. The molecule has 0 spiro atoms. The van der Waals surface area contributed by atoms with Crippen LogP contribution < -0.4 is 5.32 Å². The van der Waals surface area contributed by atoms with Gasteiger partial charge in [0.25, 0.3) is 0 Å². The van der Waals surface area contributed by atoms with E-state index in [0.29, 0.717) is 12.4 Å². The third-order valence-corrected chi connectivity index (χ3v) is 2.80. The summed E-state index contributed by atoms with van der Waals surface area (Å²) in [6.45, 7) is 2.42. The molecule has 84 valence electrons. The van der Waals surface area contributed by atoms with Gasteiger partial charge in [0.1, 0.15) is 6.04 Å². The Balaban J connectivity index is 3.62. The Hall–Kier alpha value is -0.260. The number of aliphatic hydroxyl groups is 1. The fourth-order valence-corrected chi connectivity index (χ4v) is 1.92. The maximum atomic E-state index is 11.3. The van der Waals surface area contributed by atoms with Crippen LogP contribution in [0.4, 0.5) is 0 Å². The molecule has 14 heavy (non-hydrogen) atoms. The lowest BCUT2D eigenvalue weighted by Crippen LogP contribution is -2.37. The monoisotopic (exact) mass is 221 g/mol. The Labute approximate surface area is 89.4 Å². The highest BCUT2D eigenvalue weighted by molar-refractivity contribution is 7.99. The van der Waals surface area contributed by atoms with Crippen molar-refractivity contribution in [1.29, 1.82) is 0 Å². The van der Waals surface area contributed by atoms with Crippen LogP contribution in [0.2, 0.25) is 0 Å². The first-order valence-electron chi connectivity index (χ1n) is 4.78. The van der Waals surface area contributed by atoms with E-state index in [9.17, 15) is 4.79 Å². The minimum atomic E-state index is -0.237. The third-order valence-electron chi connectivity index (χ3n) is 1.65. The first-order valence-corrected chi connectivity index (χ1v) is 5.94. The number of hydrogen-bond acceptors (Lipinski definition) is 5. The number of thioether (sulfide) groups is 1. The van der Waals surface area contributed by atoms with E-state index in [2.05, 4.69) is 5.32 Å². The van der Waals surface area contributed by atoms with E-state index in [1.165, 1.54) is 0 Å². The molecule has 0 saturated heterocycles. The molecule has 0 aliphatic heterocycles. The maximum absolute atomic E-state index is 11.3. The van der Waals surface area contributed by atoms with Crippen LogP contribution in [-0.2, 0) is 9.53 Å². The van der Waals surface area contributed by atoms with Gasteiger partial charge in [0.2, 0.25) is 0 Å². The molecule has 0 aromatic heterocycles. The van der Waals surface area contributed by atoms with Gasteiger partial charge in [-0.15, -0.1) is 0 Å². The van der Waals surface area contributed by atoms with Crippen molar-refractivity contribution in [3.8, 4) is 0 Å². The molecule has 5 heteroatoms. The van der Waals surface area contributed by atoms with Gasteiger partial charge in [0.15, 0.2) is 0 Å². The van der Waals surface area contributed by atoms with Crippen molar-refractivity contribution in [3.05, 3.63) is 0 Å². The Kier molecular flexibility index (Phi) is 9.13. The number of carbonyl (C=O) groups excluding carboxylic acids is 1. The summed E-state index contributed by atoms with van der Waals surface area (Å²) in [5.41, 5.74) is 0. The quantitative estimate of drug-likeness (QED) is 0.454. The van der Waals surface area contributed by atoms with E-state index in [1.54, 1.807) is 25.7 Å². The van der Waals surface area contributed by atoms with Crippen molar-refractivity contribution in [3.63, 3.8) is 0 Å². The average Bonchev–Trinajstić information content (AvgIpc) is 2.18. The van der Waals surface area contributed by atoms with Gasteiger partial charge in [0, 0.05) is 12.4 Å². The van der Waals surface area contributed by atoms with Crippen molar-refractivity contribution in [2.24, 2.45) is 0 Å². The molecule has 0 aromatic carbocycles. The van der Waals surface area contributed by atoms with Crippen LogP contribution in [0, 0.1) is 0 Å². The van der Waals surface area contributed by atoms with E-state index in [4.69, 9.17) is 9.84 Å². The summed E-state index contributed by atoms with van der Waals surface area (Å²) < 4.78 is 4.89. The van der Waals surface area contributed by atoms with Crippen LogP contribution in [0.5, 0.6) is 0 Å². The van der Waals surface area contributed by atoms with E-state index in [-0.39, 0.29) is 18.6 Å². The smallest absolute Gasteiger partial charge is 0.323 e. The number of aliphatic hydroxyl groups excluding tert-OH is 1. The molecule has 0 radical (unpaired) electrons. The molecule has 0 heterocycles. The van der Waals surface area contributed by atoms with Crippen molar-refractivity contribution < 1.29 is 14.6 Å². The molecule has 1 atom stereocenters. The molecule has 0 aliphatic carbocycles. The molecule has 0 aliphatic rings. The standard InChI is InChI=1S/C9H19NO3S/c1-3-13-9(12)8(10-2)7-14-6-4-5-11/h8,10-11H,3-7H2,1-2H3. The van der Waals surface area contributed by atoms with Crippen LogP contribution in [0.1, 0.15) is 13.3 Å². The summed E-state index contributed by atoms with van der Waals surface area (Å²) in [5, 5.41) is 11.5. The first-order chi connectivity index (χ1) is 6.76. The molecule has 0 saturated carbocycles. The SMILES string of the molecule is CCOC(=O)C(CSCCCO)NC. The molecule has 0 bridgehead atoms. The highest BCUT2D eigenvalue weighted by Gasteiger charge is 2.16. The normalized spacial score (nSPS) is 12.5. The zero-order valence-electron chi connectivity index (χ0n) is 8.78. The second-order valence-corrected chi connectivity index (χ2v) is 3.90. The predicted octanol–water partition coefficient (Wildman–Crippen LogP) is 0.253. The number of rotatable bonds is 8. The number of nitrogens with one attached hydrogen (secondary N) is 1. The van der Waals surface area contributed by atoms with Crippen LogP contribution in [-0.4, -0.2) is 48.9 Å². The minimum Gasteiger partial charge on any atom is -0.465 e. The first kappa shape index (κ1) is 13.7. The fourth-order valence-electron chi connectivity index (χ4n) is 0.880. The average molecular weight is 221 g/mol. The molecule has 2 N–H and O–H groups in total. The van der Waals surface area contributed by atoms with Gasteiger partial charge in [-0.1, -0.05) is 0 Å². The topological polar surface area (TPSA) is 58.6 Å². The largest absolute Gasteiger partial charge is 0.465 e. The van der Waals surface area contributed by atoms with Crippen LogP contribution in [0.25, 0.3) is 0 Å². The van der Waals surface area contributed by atoms with Crippen LogP contribution in [0.15, 0.2) is 0 Å². The zero-order chi connectivity index (χ0) is 10.8.